The molecule has 2 aromatic rings. The van der Waals surface area contributed by atoms with Gasteiger partial charge >= 0.3 is 0 Å². The summed E-state index contributed by atoms with van der Waals surface area (Å²) in [6.07, 6.45) is 4.68. The molecule has 1 N–H and O–H groups in total. The van der Waals surface area contributed by atoms with Crippen LogP contribution in [0.25, 0.3) is 0 Å². The van der Waals surface area contributed by atoms with Crippen molar-refractivity contribution in [2.75, 3.05) is 5.75 Å². The summed E-state index contributed by atoms with van der Waals surface area (Å²) in [5.41, 5.74) is 0.480. The summed E-state index contributed by atoms with van der Waals surface area (Å²) in [5.74, 6) is 1.09. The summed E-state index contributed by atoms with van der Waals surface area (Å²) < 4.78 is 2.20. The second-order valence-electron chi connectivity index (χ2n) is 6.25. The Morgan fingerprint density at radius 3 is 2.54 bits per heavy atom. The van der Waals surface area contributed by atoms with Crippen LogP contribution in [-0.4, -0.2) is 32.3 Å². The fourth-order valence-corrected chi connectivity index (χ4v) is 3.45. The van der Waals surface area contributed by atoms with Crippen LogP contribution in [0, 0.1) is 0 Å². The van der Waals surface area contributed by atoms with Gasteiger partial charge in [-0.15, -0.1) is 10.2 Å². The van der Waals surface area contributed by atoms with Crippen molar-refractivity contribution in [2.24, 2.45) is 0 Å². The Morgan fingerprint density at radius 1 is 1.12 bits per heavy atom. The van der Waals surface area contributed by atoms with Crippen molar-refractivity contribution in [3.8, 4) is 0 Å². The van der Waals surface area contributed by atoms with Crippen molar-refractivity contribution in [1.82, 2.24) is 20.1 Å². The minimum atomic E-state index is -0.372. The molecule has 2 amide bonds. The van der Waals surface area contributed by atoms with Crippen molar-refractivity contribution < 1.29 is 9.59 Å². The molecule has 1 aromatic heterocycles. The lowest BCUT2D eigenvalue weighted by molar-refractivity contribution is -0.117. The van der Waals surface area contributed by atoms with Gasteiger partial charge in [-0.1, -0.05) is 30.0 Å². The monoisotopic (exact) mass is 342 g/mol. The summed E-state index contributed by atoms with van der Waals surface area (Å²) in [4.78, 5) is 24.0. The Bertz CT molecular complexity index is 766. The van der Waals surface area contributed by atoms with Gasteiger partial charge in [0.25, 0.3) is 5.91 Å². The maximum absolute atomic E-state index is 12.0. The second-order valence-corrected chi connectivity index (χ2v) is 7.19. The predicted octanol–water partition coefficient (Wildman–Crippen LogP) is 2.54. The van der Waals surface area contributed by atoms with Crippen LogP contribution >= 0.6 is 11.8 Å². The van der Waals surface area contributed by atoms with Crippen LogP contribution in [0.2, 0.25) is 0 Å². The maximum atomic E-state index is 12.0. The highest BCUT2D eigenvalue weighted by atomic mass is 32.2. The second kappa shape index (κ2) is 6.39. The van der Waals surface area contributed by atoms with E-state index in [4.69, 9.17) is 0 Å². The lowest BCUT2D eigenvalue weighted by atomic mass is 10.2. The van der Waals surface area contributed by atoms with E-state index < -0.39 is 0 Å². The predicted molar refractivity (Wildman–Crippen MR) is 89.9 cm³/mol. The average Bonchev–Trinajstić information content (AvgIpc) is 3.52. The van der Waals surface area contributed by atoms with Gasteiger partial charge in [-0.3, -0.25) is 14.9 Å². The van der Waals surface area contributed by atoms with Gasteiger partial charge in [0.05, 0.1) is 5.75 Å². The van der Waals surface area contributed by atoms with Gasteiger partial charge in [0.1, 0.15) is 5.82 Å². The minimum absolute atomic E-state index is 0.161. The standard InChI is InChI=1S/C17H18N4O2S/c22-14(18-16(23)12-4-2-1-3-5-12)10-24-17-20-19-15(11-6-7-11)21(17)13-8-9-13/h1-5,11,13H,6-10H2,(H,18,22,23). The molecule has 0 bridgehead atoms. The summed E-state index contributed by atoms with van der Waals surface area (Å²) in [5, 5.41) is 11.8. The average molecular weight is 342 g/mol. The highest BCUT2D eigenvalue weighted by Gasteiger charge is 2.36. The van der Waals surface area contributed by atoms with Gasteiger partial charge in [-0.2, -0.15) is 0 Å². The smallest absolute Gasteiger partial charge is 0.257 e. The molecule has 2 aliphatic carbocycles. The molecule has 0 aliphatic heterocycles. The van der Waals surface area contributed by atoms with Crippen molar-refractivity contribution >= 4 is 23.6 Å². The molecule has 0 saturated heterocycles. The van der Waals surface area contributed by atoms with Crippen molar-refractivity contribution in [1.29, 1.82) is 0 Å². The molecule has 4 rings (SSSR count). The number of rotatable bonds is 6. The van der Waals surface area contributed by atoms with E-state index in [2.05, 4.69) is 20.1 Å². The van der Waals surface area contributed by atoms with Gasteiger partial charge in [0.2, 0.25) is 5.91 Å². The van der Waals surface area contributed by atoms with Gasteiger partial charge in [-0.05, 0) is 37.8 Å². The molecular weight excluding hydrogens is 324 g/mol. The first-order valence-corrected chi connectivity index (χ1v) is 9.18. The molecule has 0 spiro atoms. The number of hydrogen-bond donors (Lipinski definition) is 1. The third-order valence-electron chi connectivity index (χ3n) is 4.17. The maximum Gasteiger partial charge on any atom is 0.257 e. The Hall–Kier alpha value is -2.15. The number of hydrogen-bond acceptors (Lipinski definition) is 5. The van der Waals surface area contributed by atoms with Gasteiger partial charge in [-0.25, -0.2) is 0 Å². The Labute approximate surface area is 144 Å². The number of carbonyl (C=O) groups is 2. The topological polar surface area (TPSA) is 76.9 Å². The van der Waals surface area contributed by atoms with E-state index in [9.17, 15) is 9.59 Å². The number of thioether (sulfide) groups is 1. The lowest BCUT2D eigenvalue weighted by Gasteiger charge is -2.08. The summed E-state index contributed by atoms with van der Waals surface area (Å²) in [7, 11) is 0. The molecule has 0 radical (unpaired) electrons. The minimum Gasteiger partial charge on any atom is -0.303 e. The molecular formula is C17H18N4O2S. The van der Waals surface area contributed by atoms with Crippen molar-refractivity contribution in [2.45, 2.75) is 42.8 Å². The third-order valence-corrected chi connectivity index (χ3v) is 5.11. The number of benzene rings is 1. The van der Waals surface area contributed by atoms with Crippen molar-refractivity contribution in [3.05, 3.63) is 41.7 Å². The van der Waals surface area contributed by atoms with E-state index in [0.29, 0.717) is 17.5 Å². The molecule has 0 atom stereocenters. The first kappa shape index (κ1) is 15.4. The SMILES string of the molecule is O=C(CSc1nnc(C2CC2)n1C1CC1)NC(=O)c1ccccc1. The zero-order chi connectivity index (χ0) is 16.5. The zero-order valence-corrected chi connectivity index (χ0v) is 14.0. The Balaban J connectivity index is 1.37. The fraction of sp³-hybridized carbons (Fsp3) is 0.412. The molecule has 0 unspecified atom stereocenters. The van der Waals surface area contributed by atoms with E-state index in [1.54, 1.807) is 24.3 Å². The number of aromatic nitrogens is 3. The molecule has 6 nitrogen and oxygen atoms in total. The van der Waals surface area contributed by atoms with E-state index >= 15 is 0 Å². The molecule has 1 aromatic carbocycles. The quantitative estimate of drug-likeness (QED) is 0.816. The van der Waals surface area contributed by atoms with Gasteiger partial charge in [0, 0.05) is 17.5 Å². The Morgan fingerprint density at radius 2 is 1.88 bits per heavy atom. The highest BCUT2D eigenvalue weighted by Crippen LogP contribution is 2.45. The van der Waals surface area contributed by atoms with Crippen LogP contribution in [0.3, 0.4) is 0 Å². The molecule has 24 heavy (non-hydrogen) atoms. The first-order valence-electron chi connectivity index (χ1n) is 8.19. The molecule has 2 fully saturated rings. The number of nitrogens with one attached hydrogen (secondary N) is 1. The Kier molecular flexibility index (Phi) is 4.10. The first-order chi connectivity index (χ1) is 11.7. The summed E-state index contributed by atoms with van der Waals surface area (Å²) in [6, 6.07) is 9.23. The number of nitrogens with zero attached hydrogens (tertiary/aromatic N) is 3. The van der Waals surface area contributed by atoms with Gasteiger partial charge in [0.15, 0.2) is 5.16 Å². The number of imide groups is 1. The van der Waals surface area contributed by atoms with Crippen molar-refractivity contribution in [3.63, 3.8) is 0 Å². The summed E-state index contributed by atoms with van der Waals surface area (Å²) in [6.45, 7) is 0. The van der Waals surface area contributed by atoms with Crippen LogP contribution in [0.5, 0.6) is 0 Å². The highest BCUT2D eigenvalue weighted by molar-refractivity contribution is 7.99. The van der Waals surface area contributed by atoms with Crippen LogP contribution in [0.4, 0.5) is 0 Å². The molecule has 1 heterocycles. The van der Waals surface area contributed by atoms with E-state index in [1.807, 2.05) is 6.07 Å². The summed E-state index contributed by atoms with van der Waals surface area (Å²) >= 11 is 1.35. The molecule has 7 heteroatoms. The lowest BCUT2D eigenvalue weighted by Crippen LogP contribution is -2.31. The normalized spacial score (nSPS) is 16.8. The van der Waals surface area contributed by atoms with Gasteiger partial charge < -0.3 is 4.57 Å². The molecule has 2 saturated carbocycles. The largest absolute Gasteiger partial charge is 0.303 e. The third kappa shape index (κ3) is 3.36. The van der Waals surface area contributed by atoms with E-state index in [-0.39, 0.29) is 17.6 Å². The van der Waals surface area contributed by atoms with E-state index in [0.717, 1.165) is 23.8 Å². The van der Waals surface area contributed by atoms with Crippen LogP contribution in [0.15, 0.2) is 35.5 Å². The fourth-order valence-electron chi connectivity index (χ4n) is 2.64. The molecule has 124 valence electrons. The zero-order valence-electron chi connectivity index (χ0n) is 13.1. The van der Waals surface area contributed by atoms with Crippen LogP contribution < -0.4 is 5.32 Å². The number of amides is 2. The van der Waals surface area contributed by atoms with Crippen LogP contribution in [0.1, 0.15) is 53.8 Å². The number of carbonyl (C=O) groups excluding carboxylic acids is 2. The molecule has 2 aliphatic rings. The van der Waals surface area contributed by atoms with E-state index in [1.165, 1.54) is 24.6 Å². The van der Waals surface area contributed by atoms with Crippen LogP contribution in [-0.2, 0) is 4.79 Å².